The Labute approximate surface area is 260 Å². The molecule has 2 aliphatic rings. The van der Waals surface area contributed by atoms with Crippen LogP contribution in [0.2, 0.25) is 0 Å². The number of carbonyl (C=O) groups is 1. The normalized spacial score (nSPS) is 16.6. The van der Waals surface area contributed by atoms with Gasteiger partial charge in [-0.2, -0.15) is 0 Å². The molecule has 1 amide bonds. The second kappa shape index (κ2) is 12.7. The number of benzene rings is 2. The summed E-state index contributed by atoms with van der Waals surface area (Å²) in [4.78, 5) is 20.8. The van der Waals surface area contributed by atoms with Crippen LogP contribution < -0.4 is 0 Å². The first kappa shape index (κ1) is 31.1. The maximum atomic E-state index is 13.0. The molecule has 5 rings (SSSR count). The number of fused-ring (bicyclic) bond motifs is 1. The van der Waals surface area contributed by atoms with E-state index in [0.717, 1.165) is 27.8 Å². The van der Waals surface area contributed by atoms with Crippen molar-refractivity contribution in [3.63, 3.8) is 0 Å². The lowest BCUT2D eigenvalue weighted by atomic mass is 9.69. The van der Waals surface area contributed by atoms with Crippen LogP contribution in [-0.4, -0.2) is 76.0 Å². The van der Waals surface area contributed by atoms with Crippen molar-refractivity contribution < 1.29 is 19.7 Å². The molecule has 0 spiro atoms. The SMILES string of the molecule is CN(C)CCC(O)(C1=C=C=Cc2ccccc21)C(c1ccccc1)c1cc(C2=CCN(C(=O)OC(C)(C)C)CC2)cnc1O. The van der Waals surface area contributed by atoms with Crippen LogP contribution in [-0.2, 0) is 4.74 Å². The minimum absolute atomic E-state index is 0.137. The molecule has 0 fully saturated rings. The van der Waals surface area contributed by atoms with Gasteiger partial charge in [0.2, 0.25) is 5.88 Å². The summed E-state index contributed by atoms with van der Waals surface area (Å²) in [5.74, 6) is -0.809. The smallest absolute Gasteiger partial charge is 0.410 e. The van der Waals surface area contributed by atoms with Crippen LogP contribution in [0, 0.1) is 0 Å². The zero-order valence-electron chi connectivity index (χ0n) is 26.2. The zero-order chi connectivity index (χ0) is 31.5. The molecule has 0 bridgehead atoms. The van der Waals surface area contributed by atoms with E-state index >= 15 is 0 Å². The number of aromatic hydroxyl groups is 1. The van der Waals surface area contributed by atoms with E-state index < -0.39 is 17.1 Å². The molecular weight excluding hydrogens is 550 g/mol. The van der Waals surface area contributed by atoms with Crippen molar-refractivity contribution in [1.29, 1.82) is 0 Å². The second-order valence-corrected chi connectivity index (χ2v) is 12.7. The number of nitrogens with zero attached hydrogens (tertiary/aromatic N) is 3. The fourth-order valence-corrected chi connectivity index (χ4v) is 5.90. The molecule has 1 aromatic heterocycles. The molecule has 7 nitrogen and oxygen atoms in total. The minimum Gasteiger partial charge on any atom is -0.493 e. The van der Waals surface area contributed by atoms with Crippen molar-refractivity contribution in [3.8, 4) is 5.88 Å². The molecule has 7 heteroatoms. The Balaban J connectivity index is 1.61. The molecule has 1 aliphatic carbocycles. The van der Waals surface area contributed by atoms with Crippen LogP contribution in [0.3, 0.4) is 0 Å². The molecule has 2 N–H and O–H groups in total. The standard InChI is InChI=1S/C37H41N3O4/c1-36(2,3)44-35(42)40-21-18-26(19-22-40)29-24-31(34(41)38-25-29)33(28-13-7-6-8-14-28)37(43,20-23-39(4)5)32-17-11-15-27-12-9-10-16-30(27)32/h6-10,12-16,18,24-25,33,43H,19-23H2,1-5H3,(H,38,41). The van der Waals surface area contributed by atoms with Gasteiger partial charge >= 0.3 is 6.09 Å². The second-order valence-electron chi connectivity index (χ2n) is 12.7. The summed E-state index contributed by atoms with van der Waals surface area (Å²) in [5.41, 5.74) is 10.0. The van der Waals surface area contributed by atoms with Crippen LogP contribution in [0.5, 0.6) is 5.88 Å². The predicted octanol–water partition coefficient (Wildman–Crippen LogP) is 6.49. The van der Waals surface area contributed by atoms with Crippen LogP contribution in [0.4, 0.5) is 4.79 Å². The van der Waals surface area contributed by atoms with E-state index in [2.05, 4.69) is 16.4 Å². The first-order valence-corrected chi connectivity index (χ1v) is 15.1. The van der Waals surface area contributed by atoms with Crippen LogP contribution in [0.15, 0.2) is 84.4 Å². The summed E-state index contributed by atoms with van der Waals surface area (Å²) >= 11 is 0. The molecule has 228 valence electrons. The highest BCUT2D eigenvalue weighted by atomic mass is 16.6. The molecule has 3 aromatic rings. The number of hydrogen-bond donors (Lipinski definition) is 2. The molecule has 0 saturated heterocycles. The van der Waals surface area contributed by atoms with Gasteiger partial charge < -0.3 is 24.7 Å². The summed E-state index contributed by atoms with van der Waals surface area (Å²) < 4.78 is 5.56. The monoisotopic (exact) mass is 591 g/mol. The summed E-state index contributed by atoms with van der Waals surface area (Å²) in [5, 5.41) is 24.4. The van der Waals surface area contributed by atoms with E-state index in [4.69, 9.17) is 4.74 Å². The molecule has 2 heterocycles. The Morgan fingerprint density at radius 1 is 1.11 bits per heavy atom. The Kier molecular flexibility index (Phi) is 8.96. The third kappa shape index (κ3) is 6.72. The zero-order valence-corrected chi connectivity index (χ0v) is 26.2. The van der Waals surface area contributed by atoms with Gasteiger partial charge in [0.05, 0.1) is 0 Å². The Morgan fingerprint density at radius 3 is 2.52 bits per heavy atom. The van der Waals surface area contributed by atoms with E-state index in [9.17, 15) is 15.0 Å². The van der Waals surface area contributed by atoms with Crippen molar-refractivity contribution in [2.45, 2.75) is 50.7 Å². The van der Waals surface area contributed by atoms with Gasteiger partial charge in [-0.1, -0.05) is 72.1 Å². The number of hydrogen-bond acceptors (Lipinski definition) is 6. The van der Waals surface area contributed by atoms with Crippen molar-refractivity contribution >= 4 is 23.3 Å². The first-order chi connectivity index (χ1) is 21.0. The largest absolute Gasteiger partial charge is 0.493 e. The number of ether oxygens (including phenoxy) is 1. The van der Waals surface area contributed by atoms with Gasteiger partial charge in [-0.3, -0.25) is 0 Å². The number of rotatable bonds is 8. The minimum atomic E-state index is -1.48. The highest BCUT2D eigenvalue weighted by Gasteiger charge is 2.45. The van der Waals surface area contributed by atoms with Gasteiger partial charge in [-0.25, -0.2) is 9.78 Å². The molecule has 0 radical (unpaired) electrons. The molecule has 0 saturated carbocycles. The lowest BCUT2D eigenvalue weighted by Crippen LogP contribution is -2.41. The van der Waals surface area contributed by atoms with Gasteiger partial charge in [-0.05, 0) is 87.7 Å². The van der Waals surface area contributed by atoms with Crippen molar-refractivity contribution in [2.75, 3.05) is 33.7 Å². The molecule has 1 aliphatic heterocycles. The van der Waals surface area contributed by atoms with Gasteiger partial charge in [-0.15, -0.1) is 0 Å². The average molecular weight is 592 g/mol. The van der Waals surface area contributed by atoms with Crippen LogP contribution >= 0.6 is 0 Å². The van der Waals surface area contributed by atoms with Gasteiger partial charge in [0.1, 0.15) is 11.2 Å². The highest BCUT2D eigenvalue weighted by molar-refractivity contribution is 5.82. The van der Waals surface area contributed by atoms with E-state index in [0.29, 0.717) is 43.6 Å². The van der Waals surface area contributed by atoms with Crippen LogP contribution in [0.25, 0.3) is 17.2 Å². The number of pyridine rings is 1. The Morgan fingerprint density at radius 2 is 1.84 bits per heavy atom. The van der Waals surface area contributed by atoms with E-state index in [1.165, 1.54) is 0 Å². The third-order valence-corrected chi connectivity index (χ3v) is 8.08. The Hall–Kier alpha value is -4.38. The quantitative estimate of drug-likeness (QED) is 0.291. The molecule has 2 atom stereocenters. The van der Waals surface area contributed by atoms with Crippen molar-refractivity contribution in [3.05, 3.63) is 112 Å². The van der Waals surface area contributed by atoms with Crippen molar-refractivity contribution in [2.24, 2.45) is 0 Å². The highest BCUT2D eigenvalue weighted by Crippen LogP contribution is 2.48. The topological polar surface area (TPSA) is 86.1 Å². The number of aliphatic hydroxyl groups is 1. The van der Waals surface area contributed by atoms with Crippen LogP contribution in [0.1, 0.15) is 67.3 Å². The van der Waals surface area contributed by atoms with E-state index in [-0.39, 0.29) is 12.0 Å². The molecular formula is C37H41N3O4. The summed E-state index contributed by atoms with van der Waals surface area (Å²) in [6, 6.07) is 19.6. The van der Waals surface area contributed by atoms with E-state index in [1.54, 1.807) is 11.1 Å². The fraction of sp³-hybridized carbons (Fsp3) is 0.351. The van der Waals surface area contributed by atoms with E-state index in [1.807, 2.05) is 113 Å². The van der Waals surface area contributed by atoms with Gasteiger partial charge in [0, 0.05) is 42.9 Å². The Bertz CT molecular complexity index is 1660. The average Bonchev–Trinajstić information content (AvgIpc) is 3.00. The van der Waals surface area contributed by atoms with Gasteiger partial charge in [0.25, 0.3) is 0 Å². The third-order valence-electron chi connectivity index (χ3n) is 8.08. The maximum absolute atomic E-state index is 13.0. The summed E-state index contributed by atoms with van der Waals surface area (Å²) in [6.45, 7) is 7.09. The molecule has 2 aromatic carbocycles. The summed E-state index contributed by atoms with van der Waals surface area (Å²) in [6.07, 6.45) is 6.18. The predicted molar refractivity (Wildman–Crippen MR) is 174 cm³/mol. The summed E-state index contributed by atoms with van der Waals surface area (Å²) in [7, 11) is 3.96. The van der Waals surface area contributed by atoms with Gasteiger partial charge in [0.15, 0.2) is 0 Å². The molecule has 2 unspecified atom stereocenters. The number of carbonyl (C=O) groups excluding carboxylic acids is 1. The molecule has 44 heavy (non-hydrogen) atoms. The first-order valence-electron chi connectivity index (χ1n) is 15.1. The fourth-order valence-electron chi connectivity index (χ4n) is 5.90. The maximum Gasteiger partial charge on any atom is 0.410 e. The number of amides is 1. The lowest BCUT2D eigenvalue weighted by Gasteiger charge is -2.40. The number of aromatic nitrogens is 1. The van der Waals surface area contributed by atoms with Crippen molar-refractivity contribution in [1.82, 2.24) is 14.8 Å². The lowest BCUT2D eigenvalue weighted by molar-refractivity contribution is 0.0270.